The molecule has 3 aromatic rings. The van der Waals surface area contributed by atoms with E-state index >= 15 is 0 Å². The molecular formula is C20H14N2S2Zn. The van der Waals surface area contributed by atoms with Crippen molar-refractivity contribution >= 4 is 49.1 Å². The monoisotopic (exact) mass is 410 g/mol. The second kappa shape index (κ2) is 9.52. The fraction of sp³-hybridized carbons (Fsp3) is 0. The van der Waals surface area contributed by atoms with E-state index in [9.17, 15) is 0 Å². The van der Waals surface area contributed by atoms with Crippen LogP contribution in [0.4, 0.5) is 11.4 Å². The molecular weight excluding hydrogens is 398 g/mol. The Morgan fingerprint density at radius 3 is 1.32 bits per heavy atom. The maximum Gasteiger partial charge on any atom is 2.00 e. The van der Waals surface area contributed by atoms with Crippen LogP contribution in [0.25, 0.3) is 0 Å². The summed E-state index contributed by atoms with van der Waals surface area (Å²) >= 11 is 10.6. The number of rotatable bonds is 4. The molecule has 0 unspecified atom stereocenters. The summed E-state index contributed by atoms with van der Waals surface area (Å²) in [7, 11) is 0. The van der Waals surface area contributed by atoms with Crippen LogP contribution in [0.5, 0.6) is 0 Å². The van der Waals surface area contributed by atoms with Gasteiger partial charge in [0.15, 0.2) is 0 Å². The third kappa shape index (κ3) is 5.27. The zero-order valence-corrected chi connectivity index (χ0v) is 18.1. The smallest absolute Gasteiger partial charge is 0.779 e. The molecule has 0 aliphatic heterocycles. The Morgan fingerprint density at radius 2 is 0.920 bits per heavy atom. The van der Waals surface area contributed by atoms with Gasteiger partial charge in [-0.3, -0.25) is 9.98 Å². The van der Waals surface area contributed by atoms with E-state index in [-0.39, 0.29) is 19.5 Å². The minimum absolute atomic E-state index is 0. The molecule has 2 nitrogen and oxygen atoms in total. The molecule has 0 heterocycles. The van der Waals surface area contributed by atoms with Gasteiger partial charge in [0.05, 0.1) is 11.4 Å². The average Bonchev–Trinajstić information content (AvgIpc) is 2.61. The Morgan fingerprint density at radius 1 is 0.560 bits per heavy atom. The zero-order chi connectivity index (χ0) is 16.8. The number of para-hydroxylation sites is 2. The van der Waals surface area contributed by atoms with E-state index in [0.29, 0.717) is 0 Å². The third-order valence-corrected chi connectivity index (χ3v) is 4.15. The van der Waals surface area contributed by atoms with Crippen molar-refractivity contribution in [2.24, 2.45) is 9.98 Å². The summed E-state index contributed by atoms with van der Waals surface area (Å²) in [5.41, 5.74) is 3.41. The Hall–Kier alpha value is -1.94. The van der Waals surface area contributed by atoms with Crippen LogP contribution in [0.3, 0.4) is 0 Å². The van der Waals surface area contributed by atoms with E-state index in [0.717, 1.165) is 32.3 Å². The van der Waals surface area contributed by atoms with Gasteiger partial charge in [0.25, 0.3) is 0 Å². The Labute approximate surface area is 171 Å². The van der Waals surface area contributed by atoms with Gasteiger partial charge in [0, 0.05) is 12.4 Å². The SMILES string of the molecule is [S-]c1ccccc1C=Nc1ccccc1N=Cc1ccccc1[S-].[Zn+2]. The van der Waals surface area contributed by atoms with Crippen molar-refractivity contribution in [1.82, 2.24) is 0 Å². The Bertz CT molecular complexity index is 833. The quantitative estimate of drug-likeness (QED) is 0.343. The van der Waals surface area contributed by atoms with E-state index in [2.05, 4.69) is 9.98 Å². The summed E-state index contributed by atoms with van der Waals surface area (Å²) in [5.74, 6) is 0. The van der Waals surface area contributed by atoms with Gasteiger partial charge in [0.2, 0.25) is 0 Å². The average molecular weight is 412 g/mol. The Kier molecular flexibility index (Phi) is 7.38. The predicted octanol–water partition coefficient (Wildman–Crippen LogP) is 5.00. The first-order valence-electron chi connectivity index (χ1n) is 7.43. The molecule has 3 aromatic carbocycles. The molecule has 3 rings (SSSR count). The van der Waals surface area contributed by atoms with Crippen molar-refractivity contribution in [3.63, 3.8) is 0 Å². The normalized spacial score (nSPS) is 10.9. The first-order valence-corrected chi connectivity index (χ1v) is 8.25. The van der Waals surface area contributed by atoms with Gasteiger partial charge in [-0.05, 0) is 23.3 Å². The third-order valence-electron chi connectivity index (χ3n) is 3.41. The maximum atomic E-state index is 5.30. The summed E-state index contributed by atoms with van der Waals surface area (Å²) in [4.78, 5) is 10.6. The van der Waals surface area contributed by atoms with Crippen molar-refractivity contribution < 1.29 is 19.5 Å². The van der Waals surface area contributed by atoms with E-state index in [1.165, 1.54) is 0 Å². The number of aliphatic imine (C=N–C) groups is 2. The Balaban J connectivity index is 0.00000225. The number of hydrogen-bond donors (Lipinski definition) is 0. The van der Waals surface area contributed by atoms with Crippen molar-refractivity contribution in [2.75, 3.05) is 0 Å². The molecule has 0 atom stereocenters. The largest absolute Gasteiger partial charge is 2.00 e. The summed E-state index contributed by atoms with van der Waals surface area (Å²) in [6, 6.07) is 23.1. The molecule has 0 aliphatic rings. The molecule has 0 aromatic heterocycles. The van der Waals surface area contributed by atoms with Gasteiger partial charge in [-0.15, -0.1) is 0 Å². The molecule has 25 heavy (non-hydrogen) atoms. The molecule has 0 aliphatic carbocycles. The molecule has 0 radical (unpaired) electrons. The van der Waals surface area contributed by atoms with E-state index in [1.807, 2.05) is 72.8 Å². The van der Waals surface area contributed by atoms with Crippen molar-refractivity contribution in [1.29, 1.82) is 0 Å². The van der Waals surface area contributed by atoms with Crippen molar-refractivity contribution in [2.45, 2.75) is 9.79 Å². The van der Waals surface area contributed by atoms with Gasteiger partial charge >= 0.3 is 19.5 Å². The molecule has 0 bridgehead atoms. The number of benzene rings is 3. The fourth-order valence-electron chi connectivity index (χ4n) is 2.14. The molecule has 0 saturated carbocycles. The van der Waals surface area contributed by atoms with Gasteiger partial charge in [-0.1, -0.05) is 60.7 Å². The van der Waals surface area contributed by atoms with E-state index in [1.54, 1.807) is 12.4 Å². The molecule has 5 heteroatoms. The summed E-state index contributed by atoms with van der Waals surface area (Å²) in [6.45, 7) is 0. The molecule has 0 saturated heterocycles. The molecule has 0 fully saturated rings. The fourth-order valence-corrected chi connectivity index (χ4v) is 2.53. The van der Waals surface area contributed by atoms with Crippen LogP contribution in [0.15, 0.2) is 92.6 Å². The van der Waals surface area contributed by atoms with Gasteiger partial charge < -0.3 is 25.3 Å². The summed E-state index contributed by atoms with van der Waals surface area (Å²) in [5, 5.41) is 0. The maximum absolute atomic E-state index is 5.30. The minimum atomic E-state index is 0. The van der Waals surface area contributed by atoms with Crippen LogP contribution < -0.4 is 0 Å². The second-order valence-corrected chi connectivity index (χ2v) is 5.96. The second-order valence-electron chi connectivity index (χ2n) is 5.08. The molecule has 0 spiro atoms. The van der Waals surface area contributed by atoms with E-state index in [4.69, 9.17) is 25.3 Å². The van der Waals surface area contributed by atoms with E-state index < -0.39 is 0 Å². The number of hydrogen-bond acceptors (Lipinski definition) is 4. The molecule has 0 amide bonds. The van der Waals surface area contributed by atoms with Gasteiger partial charge in [-0.2, -0.15) is 9.79 Å². The van der Waals surface area contributed by atoms with Crippen molar-refractivity contribution in [3.8, 4) is 0 Å². The van der Waals surface area contributed by atoms with Crippen molar-refractivity contribution in [3.05, 3.63) is 83.9 Å². The summed E-state index contributed by atoms with van der Waals surface area (Å²) < 4.78 is 0. The first-order chi connectivity index (χ1) is 11.7. The van der Waals surface area contributed by atoms with Crippen LogP contribution >= 0.6 is 0 Å². The molecule has 118 valence electrons. The minimum Gasteiger partial charge on any atom is -0.779 e. The van der Waals surface area contributed by atoms with Crippen LogP contribution in [-0.4, -0.2) is 12.4 Å². The van der Waals surface area contributed by atoms with Gasteiger partial charge in [-0.25, -0.2) is 0 Å². The first kappa shape index (κ1) is 19.4. The van der Waals surface area contributed by atoms with Crippen LogP contribution in [0, 0.1) is 0 Å². The zero-order valence-electron chi connectivity index (χ0n) is 13.5. The summed E-state index contributed by atoms with van der Waals surface area (Å²) in [6.07, 6.45) is 3.55. The van der Waals surface area contributed by atoms with Crippen LogP contribution in [0.1, 0.15) is 11.1 Å². The standard InChI is InChI=1S/C20H16N2S2.Zn/c23-19-11-5-1-7-15(19)13-21-17-9-3-4-10-18(17)22-14-16-8-2-6-12-20(16)24;/h1-14,23-24H;/q;+2/p-2. The van der Waals surface area contributed by atoms with Gasteiger partial charge in [0.1, 0.15) is 0 Å². The topological polar surface area (TPSA) is 24.7 Å². The molecule has 0 N–H and O–H groups in total. The van der Waals surface area contributed by atoms with Crippen LogP contribution in [-0.2, 0) is 44.7 Å². The predicted molar refractivity (Wildman–Crippen MR) is 105 cm³/mol. The van der Waals surface area contributed by atoms with Crippen LogP contribution in [0.2, 0.25) is 0 Å². The number of nitrogens with zero attached hydrogens (tertiary/aromatic N) is 2.